The number of fused-ring (bicyclic) bond motifs is 1. The maximum absolute atomic E-state index is 12.8. The van der Waals surface area contributed by atoms with E-state index in [1.54, 1.807) is 18.2 Å². The average Bonchev–Trinajstić information content (AvgIpc) is 2.87. The van der Waals surface area contributed by atoms with Gasteiger partial charge in [-0.05, 0) is 37.1 Å². The van der Waals surface area contributed by atoms with Gasteiger partial charge in [-0.3, -0.25) is 29.4 Å². The molecular formula is C20H24N4O5. The van der Waals surface area contributed by atoms with Crippen molar-refractivity contribution in [3.63, 3.8) is 0 Å². The van der Waals surface area contributed by atoms with E-state index in [2.05, 4.69) is 16.0 Å². The molecule has 0 spiro atoms. The first-order valence-corrected chi connectivity index (χ1v) is 9.92. The predicted molar refractivity (Wildman–Crippen MR) is 102 cm³/mol. The molecule has 9 heteroatoms. The first-order chi connectivity index (χ1) is 14.0. The van der Waals surface area contributed by atoms with Crippen molar-refractivity contribution in [3.8, 4) is 0 Å². The number of carbonyl (C=O) groups excluding carboxylic acids is 4. The number of carbonyl (C=O) groups is 4. The molecule has 3 aliphatic rings. The van der Waals surface area contributed by atoms with Gasteiger partial charge in [-0.25, -0.2) is 0 Å². The predicted octanol–water partition coefficient (Wildman–Crippen LogP) is -0.444. The van der Waals surface area contributed by atoms with E-state index in [-0.39, 0.29) is 24.9 Å². The van der Waals surface area contributed by atoms with E-state index in [9.17, 15) is 19.2 Å². The summed E-state index contributed by atoms with van der Waals surface area (Å²) in [5.74, 6) is -1.96. The number of amides is 4. The Morgan fingerprint density at radius 3 is 2.79 bits per heavy atom. The lowest BCUT2D eigenvalue weighted by Gasteiger charge is -2.27. The molecule has 9 nitrogen and oxygen atoms in total. The lowest BCUT2D eigenvalue weighted by atomic mass is 10.0. The van der Waals surface area contributed by atoms with Crippen LogP contribution in [0, 0.1) is 0 Å². The number of imide groups is 2. The molecule has 0 aliphatic carbocycles. The van der Waals surface area contributed by atoms with Crippen LogP contribution in [0.4, 0.5) is 0 Å². The third-order valence-corrected chi connectivity index (χ3v) is 5.43. The van der Waals surface area contributed by atoms with Gasteiger partial charge in [-0.1, -0.05) is 6.07 Å². The van der Waals surface area contributed by atoms with Gasteiger partial charge in [-0.15, -0.1) is 0 Å². The fraction of sp³-hybridized carbons (Fsp3) is 0.500. The molecule has 2 saturated heterocycles. The van der Waals surface area contributed by atoms with Gasteiger partial charge >= 0.3 is 0 Å². The number of hydrogen-bond acceptors (Lipinski definition) is 7. The Labute approximate surface area is 168 Å². The number of hydrogen-bond donors (Lipinski definition) is 3. The van der Waals surface area contributed by atoms with Crippen LogP contribution in [0.5, 0.6) is 0 Å². The van der Waals surface area contributed by atoms with Crippen molar-refractivity contribution in [2.24, 2.45) is 0 Å². The average molecular weight is 400 g/mol. The first-order valence-electron chi connectivity index (χ1n) is 9.92. The van der Waals surface area contributed by atoms with E-state index in [0.717, 1.165) is 36.6 Å². The first kappa shape index (κ1) is 19.7. The van der Waals surface area contributed by atoms with Crippen molar-refractivity contribution < 1.29 is 23.9 Å². The summed E-state index contributed by atoms with van der Waals surface area (Å²) in [6.07, 6.45) is 1.36. The molecular weight excluding hydrogens is 376 g/mol. The summed E-state index contributed by atoms with van der Waals surface area (Å²) in [6.45, 7) is 3.71. The minimum absolute atomic E-state index is 0.0955. The summed E-state index contributed by atoms with van der Waals surface area (Å²) in [7, 11) is 0. The van der Waals surface area contributed by atoms with Crippen molar-refractivity contribution in [3.05, 3.63) is 34.9 Å². The van der Waals surface area contributed by atoms with Gasteiger partial charge in [0.05, 0.1) is 17.2 Å². The molecule has 0 radical (unpaired) electrons. The van der Waals surface area contributed by atoms with Gasteiger partial charge in [0.15, 0.2) is 0 Å². The molecule has 3 aliphatic heterocycles. The minimum Gasteiger partial charge on any atom is -0.376 e. The normalized spacial score (nSPS) is 25.0. The molecule has 0 bridgehead atoms. The van der Waals surface area contributed by atoms with Crippen molar-refractivity contribution in [2.45, 2.75) is 38.0 Å². The molecule has 0 saturated carbocycles. The zero-order chi connectivity index (χ0) is 20.4. The van der Waals surface area contributed by atoms with E-state index in [1.165, 1.54) is 0 Å². The molecule has 4 amide bonds. The van der Waals surface area contributed by atoms with Crippen LogP contribution in [0.15, 0.2) is 18.2 Å². The monoisotopic (exact) mass is 400 g/mol. The van der Waals surface area contributed by atoms with Crippen molar-refractivity contribution in [1.29, 1.82) is 0 Å². The molecule has 3 N–H and O–H groups in total. The Morgan fingerprint density at radius 1 is 1.14 bits per heavy atom. The molecule has 154 valence electrons. The summed E-state index contributed by atoms with van der Waals surface area (Å²) in [6, 6.07) is 4.18. The summed E-state index contributed by atoms with van der Waals surface area (Å²) in [5.41, 5.74) is 1.46. The van der Waals surface area contributed by atoms with Crippen LogP contribution >= 0.6 is 0 Å². The lowest BCUT2D eigenvalue weighted by molar-refractivity contribution is -0.136. The second-order valence-corrected chi connectivity index (χ2v) is 7.51. The van der Waals surface area contributed by atoms with Crippen molar-refractivity contribution in [1.82, 2.24) is 20.9 Å². The maximum atomic E-state index is 12.8. The van der Waals surface area contributed by atoms with E-state index in [0.29, 0.717) is 24.2 Å². The van der Waals surface area contributed by atoms with Crippen LogP contribution in [-0.4, -0.2) is 66.9 Å². The fourth-order valence-corrected chi connectivity index (χ4v) is 3.91. The summed E-state index contributed by atoms with van der Waals surface area (Å²) >= 11 is 0. The van der Waals surface area contributed by atoms with E-state index < -0.39 is 23.8 Å². The fourth-order valence-electron chi connectivity index (χ4n) is 3.91. The van der Waals surface area contributed by atoms with Gasteiger partial charge < -0.3 is 15.4 Å². The number of piperidine rings is 1. The third-order valence-electron chi connectivity index (χ3n) is 5.43. The highest BCUT2D eigenvalue weighted by molar-refractivity contribution is 6.23. The van der Waals surface area contributed by atoms with Gasteiger partial charge in [0, 0.05) is 32.7 Å². The topological polar surface area (TPSA) is 117 Å². The highest BCUT2D eigenvalue weighted by atomic mass is 16.5. The number of ether oxygens (including phenoxy) is 1. The zero-order valence-electron chi connectivity index (χ0n) is 16.0. The van der Waals surface area contributed by atoms with Crippen LogP contribution in [0.2, 0.25) is 0 Å². The van der Waals surface area contributed by atoms with E-state index in [4.69, 9.17) is 4.74 Å². The second kappa shape index (κ2) is 8.40. The van der Waals surface area contributed by atoms with Crippen LogP contribution in [0.3, 0.4) is 0 Å². The lowest BCUT2D eigenvalue weighted by Crippen LogP contribution is -2.54. The Hall–Kier alpha value is -2.62. The summed E-state index contributed by atoms with van der Waals surface area (Å²) in [5, 5.41) is 8.85. The third kappa shape index (κ3) is 4.07. The van der Waals surface area contributed by atoms with Crippen molar-refractivity contribution in [2.75, 3.05) is 26.2 Å². The van der Waals surface area contributed by atoms with E-state index >= 15 is 0 Å². The summed E-state index contributed by atoms with van der Waals surface area (Å²) < 4.78 is 5.75. The smallest absolute Gasteiger partial charge is 0.262 e. The molecule has 0 aromatic heterocycles. The zero-order valence-corrected chi connectivity index (χ0v) is 16.0. The SMILES string of the molecule is O=C1CCC(N2C(=O)c3ccc(CNCC4CNCCCO4)cc3C2=O)C(=O)N1. The number of nitrogens with one attached hydrogen (secondary N) is 3. The van der Waals surface area contributed by atoms with Crippen LogP contribution in [-0.2, 0) is 20.9 Å². The summed E-state index contributed by atoms with van der Waals surface area (Å²) in [4.78, 5) is 50.0. The standard InChI is InChI=1S/C20H24N4O5/c25-17-5-4-16(18(26)23-17)24-19(27)14-3-2-12(8-15(14)20(24)28)9-22-11-13-10-21-6-1-7-29-13/h2-3,8,13,16,21-22H,1,4-7,9-11H2,(H,23,25,26). The Kier molecular flexibility index (Phi) is 5.70. The number of rotatable bonds is 5. The van der Waals surface area contributed by atoms with Gasteiger partial charge in [0.2, 0.25) is 11.8 Å². The number of benzene rings is 1. The highest BCUT2D eigenvalue weighted by Gasteiger charge is 2.44. The van der Waals surface area contributed by atoms with Gasteiger partial charge in [-0.2, -0.15) is 0 Å². The molecule has 2 fully saturated rings. The number of nitrogens with zero attached hydrogens (tertiary/aromatic N) is 1. The van der Waals surface area contributed by atoms with Crippen LogP contribution in [0.25, 0.3) is 0 Å². The quantitative estimate of drug-likeness (QED) is 0.574. The largest absolute Gasteiger partial charge is 0.376 e. The molecule has 1 aromatic carbocycles. The minimum atomic E-state index is -0.943. The van der Waals surface area contributed by atoms with Crippen LogP contribution in [0.1, 0.15) is 45.5 Å². The Morgan fingerprint density at radius 2 is 1.97 bits per heavy atom. The van der Waals surface area contributed by atoms with Gasteiger partial charge in [0.25, 0.3) is 11.8 Å². The molecule has 2 atom stereocenters. The Balaban J connectivity index is 1.41. The molecule has 4 rings (SSSR count). The second-order valence-electron chi connectivity index (χ2n) is 7.51. The maximum Gasteiger partial charge on any atom is 0.262 e. The van der Waals surface area contributed by atoms with E-state index in [1.807, 2.05) is 0 Å². The Bertz CT molecular complexity index is 847. The van der Waals surface area contributed by atoms with Gasteiger partial charge in [0.1, 0.15) is 6.04 Å². The van der Waals surface area contributed by atoms with Crippen LogP contribution < -0.4 is 16.0 Å². The van der Waals surface area contributed by atoms with Crippen molar-refractivity contribution >= 4 is 23.6 Å². The molecule has 2 unspecified atom stereocenters. The molecule has 1 aromatic rings. The molecule has 3 heterocycles. The highest BCUT2D eigenvalue weighted by Crippen LogP contribution is 2.28. The molecule has 29 heavy (non-hydrogen) atoms.